The molecule has 0 aliphatic carbocycles. The molecule has 7 heteroatoms. The van der Waals surface area contributed by atoms with Gasteiger partial charge in [-0.15, -0.1) is 16.9 Å². The van der Waals surface area contributed by atoms with Gasteiger partial charge in [0.05, 0.1) is 28.4 Å². The van der Waals surface area contributed by atoms with Crippen LogP contribution in [0.25, 0.3) is 55.2 Å². The third kappa shape index (κ3) is 5.75. The molecule has 0 fully saturated rings. The predicted molar refractivity (Wildman–Crippen MR) is 228 cm³/mol. The maximum atomic E-state index is 14.1. The molecular formula is C51H30N4NiO2. The van der Waals surface area contributed by atoms with Gasteiger partial charge < -0.3 is 14.7 Å². The molecule has 6 aromatic carbocycles. The standard InChI is InChI=1S/C51H30N4O2.Ni/c56-51(34-21-11-4-12-22-34)57-50-47-43(31-15-5-1-6-16-31)35-23-13-14-24-36(35)46-41-28-27-39(53-41)44(32-17-7-2-8-18-32)37-25-26-38(52-37)45(33-19-9-3-10-20-33)40-29-30-42(54-40)48(50)55-49(46)47;/h1-30H;/q-2;+2. The molecule has 0 unspecified atom stereocenters. The monoisotopic (exact) mass is 788 g/mol. The third-order valence-corrected chi connectivity index (χ3v) is 10.7. The number of hydrogen-bond donors (Lipinski definition) is 0. The molecule has 8 aromatic rings. The Morgan fingerprint density at radius 3 is 1.67 bits per heavy atom. The first-order chi connectivity index (χ1) is 28.2. The smallest absolute Gasteiger partial charge is 0.657 e. The molecule has 2 aromatic heterocycles. The van der Waals surface area contributed by atoms with Crippen molar-refractivity contribution in [2.75, 3.05) is 0 Å². The molecule has 3 aliphatic rings. The number of carbonyl (C=O) groups is 1. The fraction of sp³-hybridized carbons (Fsp3) is 0. The summed E-state index contributed by atoms with van der Waals surface area (Å²) >= 11 is 0. The summed E-state index contributed by atoms with van der Waals surface area (Å²) < 4.78 is 6.57. The molecular weight excluding hydrogens is 759 g/mol. The van der Waals surface area contributed by atoms with E-state index in [0.717, 1.165) is 83.6 Å². The molecule has 58 heavy (non-hydrogen) atoms. The number of aliphatic imine (C=N–C) groups is 2. The minimum atomic E-state index is -0.484. The second-order valence-corrected chi connectivity index (χ2v) is 14.1. The van der Waals surface area contributed by atoms with Gasteiger partial charge in [-0.1, -0.05) is 151 Å². The van der Waals surface area contributed by atoms with Crippen LogP contribution in [0.15, 0.2) is 203 Å². The van der Waals surface area contributed by atoms with Gasteiger partial charge in [-0.3, -0.25) is 0 Å². The molecule has 0 saturated carbocycles. The quantitative estimate of drug-likeness (QED) is 0.128. The van der Waals surface area contributed by atoms with Crippen LogP contribution in [0.4, 0.5) is 0 Å². The van der Waals surface area contributed by atoms with Crippen LogP contribution in [0.3, 0.4) is 0 Å². The van der Waals surface area contributed by atoms with Gasteiger partial charge in [0.25, 0.3) is 0 Å². The zero-order chi connectivity index (χ0) is 37.9. The molecule has 5 heterocycles. The number of aromatic nitrogens is 2. The Bertz CT molecular complexity index is 3130. The first-order valence-corrected chi connectivity index (χ1v) is 18.9. The van der Waals surface area contributed by atoms with E-state index in [2.05, 4.69) is 72.8 Å². The fourth-order valence-corrected chi connectivity index (χ4v) is 8.18. The van der Waals surface area contributed by atoms with Crippen LogP contribution < -0.4 is 14.7 Å². The first kappa shape index (κ1) is 35.1. The molecule has 6 nitrogen and oxygen atoms in total. The second-order valence-electron chi connectivity index (χ2n) is 14.1. The molecule has 11 rings (SSSR count). The zero-order valence-corrected chi connectivity index (χ0v) is 31.7. The summed E-state index contributed by atoms with van der Waals surface area (Å²) in [7, 11) is 0. The number of rotatable bonds is 5. The Morgan fingerprint density at radius 1 is 0.483 bits per heavy atom. The molecule has 0 amide bonds. The van der Waals surface area contributed by atoms with E-state index >= 15 is 0 Å². The molecule has 276 valence electrons. The summed E-state index contributed by atoms with van der Waals surface area (Å²) in [6, 6.07) is 52.2. The van der Waals surface area contributed by atoms with Crippen molar-refractivity contribution >= 4 is 50.2 Å². The first-order valence-electron chi connectivity index (χ1n) is 18.9. The number of allylic oxidation sites excluding steroid dienone is 5. The van der Waals surface area contributed by atoms with E-state index in [1.165, 1.54) is 0 Å². The van der Waals surface area contributed by atoms with Gasteiger partial charge in [0.2, 0.25) is 0 Å². The van der Waals surface area contributed by atoms with Crippen molar-refractivity contribution in [1.29, 1.82) is 0 Å². The van der Waals surface area contributed by atoms with Crippen molar-refractivity contribution in [1.82, 2.24) is 9.97 Å². The number of fused-ring (bicyclic) bond motifs is 9. The summed E-state index contributed by atoms with van der Waals surface area (Å²) in [4.78, 5) is 35.6. The molecule has 0 N–H and O–H groups in total. The number of benzene rings is 6. The van der Waals surface area contributed by atoms with E-state index in [4.69, 9.17) is 24.7 Å². The fourth-order valence-electron chi connectivity index (χ4n) is 8.18. The van der Waals surface area contributed by atoms with Gasteiger partial charge in [-0.25, -0.2) is 14.8 Å². The molecule has 0 spiro atoms. The van der Waals surface area contributed by atoms with E-state index < -0.39 is 5.97 Å². The predicted octanol–water partition coefficient (Wildman–Crippen LogP) is 11.0. The summed E-state index contributed by atoms with van der Waals surface area (Å²) in [6.07, 6.45) is 8.08. The van der Waals surface area contributed by atoms with E-state index in [-0.39, 0.29) is 16.5 Å². The number of hydrogen-bond acceptors (Lipinski definition) is 4. The molecule has 8 bridgehead atoms. The second kappa shape index (κ2) is 14.3. The van der Waals surface area contributed by atoms with Crippen LogP contribution in [-0.2, 0) is 16.5 Å². The normalized spacial score (nSPS) is 14.1. The van der Waals surface area contributed by atoms with Crippen molar-refractivity contribution < 1.29 is 26.0 Å². The Labute approximate surface area is 344 Å². The van der Waals surface area contributed by atoms with Crippen LogP contribution in [0.5, 0.6) is 5.75 Å². The van der Waals surface area contributed by atoms with Gasteiger partial charge in [0.15, 0.2) is 0 Å². The van der Waals surface area contributed by atoms with Gasteiger partial charge in [-0.05, 0) is 80.6 Å². The van der Waals surface area contributed by atoms with E-state index in [1.807, 2.05) is 97.1 Å². The van der Waals surface area contributed by atoms with Gasteiger partial charge in [0, 0.05) is 11.0 Å². The number of carbonyl (C=O) groups excluding carboxylic acids is 1. The largest absolute Gasteiger partial charge is 2.00 e. The van der Waals surface area contributed by atoms with Crippen molar-refractivity contribution in [2.45, 2.75) is 0 Å². The van der Waals surface area contributed by atoms with Crippen LogP contribution in [0.2, 0.25) is 0 Å². The van der Waals surface area contributed by atoms with E-state index in [1.54, 1.807) is 12.1 Å². The van der Waals surface area contributed by atoms with Crippen molar-refractivity contribution in [2.24, 2.45) is 9.98 Å². The molecule has 0 atom stereocenters. The summed E-state index contributed by atoms with van der Waals surface area (Å²) in [5.74, 6) is -0.137. The minimum absolute atomic E-state index is 0. The van der Waals surface area contributed by atoms with Gasteiger partial charge in [0.1, 0.15) is 5.75 Å². The Kier molecular flexibility index (Phi) is 8.66. The Balaban J connectivity index is 0.00000408. The van der Waals surface area contributed by atoms with E-state index in [9.17, 15) is 4.79 Å². The maximum absolute atomic E-state index is 14.1. The Morgan fingerprint density at radius 2 is 1.00 bits per heavy atom. The topological polar surface area (TPSA) is 79.2 Å². The number of nitrogens with zero attached hydrogens (tertiary/aromatic N) is 4. The SMILES string of the molecule is O=C(Oc1c2[n-]c3c(c4ccccc4c(-c4ccccc4)c13)-c1ccc([n-]1)C(c1ccccc1)=C1C=CC(=N1)C(c1ccccc1)=C1C=CC2=N1)c1ccccc1.[Ni+2]. The van der Waals surface area contributed by atoms with Crippen molar-refractivity contribution in [3.63, 3.8) is 0 Å². The average molecular weight is 790 g/mol. The van der Waals surface area contributed by atoms with E-state index in [0.29, 0.717) is 28.2 Å². The maximum Gasteiger partial charge on any atom is 2.00 e. The number of ether oxygens (including phenoxy) is 1. The van der Waals surface area contributed by atoms with Gasteiger partial charge in [-0.2, -0.15) is 0 Å². The van der Waals surface area contributed by atoms with Crippen LogP contribution in [0.1, 0.15) is 32.9 Å². The van der Waals surface area contributed by atoms with Crippen molar-refractivity contribution in [3.05, 3.63) is 222 Å². The van der Waals surface area contributed by atoms with Gasteiger partial charge >= 0.3 is 22.5 Å². The van der Waals surface area contributed by atoms with Crippen LogP contribution in [-0.4, -0.2) is 17.4 Å². The minimum Gasteiger partial charge on any atom is -0.657 e. The van der Waals surface area contributed by atoms with Crippen LogP contribution in [0, 0.1) is 0 Å². The average Bonchev–Trinajstić information content (AvgIpc) is 4.10. The zero-order valence-electron chi connectivity index (χ0n) is 30.7. The molecule has 0 saturated heterocycles. The molecule has 0 radical (unpaired) electrons. The summed E-state index contributed by atoms with van der Waals surface area (Å²) in [5.41, 5.74) is 12.5. The van der Waals surface area contributed by atoms with Crippen LogP contribution >= 0.6 is 0 Å². The Hall–Kier alpha value is -7.34. The number of esters is 1. The molecule has 3 aliphatic heterocycles. The summed E-state index contributed by atoms with van der Waals surface area (Å²) in [6.45, 7) is 0. The third-order valence-electron chi connectivity index (χ3n) is 10.7. The summed E-state index contributed by atoms with van der Waals surface area (Å²) in [5, 5.41) is 2.68. The van der Waals surface area contributed by atoms with Crippen molar-refractivity contribution in [3.8, 4) is 28.1 Å².